The Balaban J connectivity index is 0.000000223. The maximum atomic E-state index is 9.18. The van der Waals surface area contributed by atoms with Crippen LogP contribution in [-0.4, -0.2) is 171 Å². The van der Waals surface area contributed by atoms with E-state index in [1.807, 2.05) is 9.71 Å². The first-order valence-corrected chi connectivity index (χ1v) is 15.3. The van der Waals surface area contributed by atoms with Crippen LogP contribution < -0.4 is 15.8 Å². The molecule has 5 heterocycles. The Hall–Kier alpha value is -2.04. The van der Waals surface area contributed by atoms with E-state index in [0.29, 0.717) is 38.8 Å². The Bertz CT molecular complexity index is 1070. The molecule has 21 heteroatoms. The number of aliphatic hydroxyl groups excluding tert-OH is 3. The van der Waals surface area contributed by atoms with E-state index in [2.05, 4.69) is 19.9 Å². The largest absolute Gasteiger partial charge is 0.491 e. The van der Waals surface area contributed by atoms with Crippen LogP contribution >= 0.6 is 11.6 Å². The summed E-state index contributed by atoms with van der Waals surface area (Å²) in [5.74, 6) is 0.496. The van der Waals surface area contributed by atoms with Gasteiger partial charge in [-0.2, -0.15) is 0 Å². The second-order valence-corrected chi connectivity index (χ2v) is 10.8. The molecule has 3 saturated heterocycles. The lowest BCUT2D eigenvalue weighted by Crippen LogP contribution is -2.50. The third kappa shape index (κ3) is 15.2. The van der Waals surface area contributed by atoms with Crippen LogP contribution in [0.1, 0.15) is 19.3 Å². The van der Waals surface area contributed by atoms with E-state index in [0.717, 1.165) is 26.0 Å². The molecule has 0 amide bonds. The van der Waals surface area contributed by atoms with E-state index < -0.39 is 21.3 Å². The van der Waals surface area contributed by atoms with E-state index in [1.165, 1.54) is 31.2 Å². The van der Waals surface area contributed by atoms with Gasteiger partial charge in [0, 0.05) is 68.5 Å². The molecule has 17 nitrogen and oxygen atoms in total. The van der Waals surface area contributed by atoms with Gasteiger partial charge in [0.1, 0.15) is 0 Å². The van der Waals surface area contributed by atoms with Crippen LogP contribution in [0.15, 0.2) is 24.8 Å². The van der Waals surface area contributed by atoms with Crippen LogP contribution in [0, 0.1) is 0 Å². The van der Waals surface area contributed by atoms with Crippen molar-refractivity contribution in [1.82, 2.24) is 24.7 Å². The molecule has 256 valence electrons. The minimum Gasteiger partial charge on any atom is -0.437 e. The summed E-state index contributed by atoms with van der Waals surface area (Å²) in [7, 11) is -3.52. The van der Waals surface area contributed by atoms with Gasteiger partial charge in [-0.05, 0) is 37.7 Å². The molecule has 8 N–H and O–H groups in total. The zero-order valence-corrected chi connectivity index (χ0v) is 26.6. The standard InChI is InChI=1S/C9H14BN3O4.C6H14BNO3.C6H12O2.C4H4BClN2O2/c14-6-8-5-13(1-2-17-8)9-11-3-7(4-12-9)10(15)16;1-7(10)8-2-3-11-6(4-8)5-9;7-5-6-3-1-2-4-8-6;6-4-7-1-3(2-8-4)5(9)10/h3-4,8,14-16H,1-2,5-6H2;6,9-10H,2-5H2,1H3;6-7H,1-5H2;1-2,9-10H/t8-;2*6-;/m111./s1. The van der Waals surface area contributed by atoms with Crippen molar-refractivity contribution in [2.45, 2.75) is 44.4 Å². The number of nitrogens with zero attached hydrogens (tertiary/aromatic N) is 6. The molecule has 3 aliphatic rings. The fourth-order valence-corrected chi connectivity index (χ4v) is 4.34. The van der Waals surface area contributed by atoms with Crippen molar-refractivity contribution in [3.05, 3.63) is 30.1 Å². The minimum absolute atomic E-state index is 0.0310. The number of hydrogen-bond donors (Lipinski definition) is 8. The van der Waals surface area contributed by atoms with Crippen LogP contribution in [0.2, 0.25) is 12.1 Å². The van der Waals surface area contributed by atoms with Crippen LogP contribution in [0.5, 0.6) is 0 Å². The van der Waals surface area contributed by atoms with Crippen molar-refractivity contribution in [3.8, 4) is 0 Å². The summed E-state index contributed by atoms with van der Waals surface area (Å²) >= 11 is 5.33. The molecular formula is C25H44B3ClN6O11. The van der Waals surface area contributed by atoms with E-state index >= 15 is 0 Å². The average molecular weight is 673 g/mol. The topological polar surface area (TPSA) is 248 Å². The Kier molecular flexibility index (Phi) is 19.7. The SMILES string of the molecule is CB(O)N1CCO[C@@H](CO)C1.OB(O)c1cnc(Cl)nc1.OC[C@H]1CCCCO1.OC[C@H]1CN(c2ncc(B(O)O)cn2)CCO1. The van der Waals surface area contributed by atoms with Gasteiger partial charge in [0.05, 0.1) is 51.3 Å². The third-order valence-corrected chi connectivity index (χ3v) is 7.10. The first-order chi connectivity index (χ1) is 22.1. The lowest BCUT2D eigenvalue weighted by molar-refractivity contribution is -0.0348. The Morgan fingerprint density at radius 2 is 1.22 bits per heavy atom. The molecule has 3 atom stereocenters. The van der Waals surface area contributed by atoms with E-state index in [4.69, 9.17) is 61.2 Å². The van der Waals surface area contributed by atoms with Gasteiger partial charge in [-0.1, -0.05) is 0 Å². The number of ether oxygens (including phenoxy) is 3. The lowest BCUT2D eigenvalue weighted by atomic mass is 9.83. The highest BCUT2D eigenvalue weighted by Gasteiger charge is 2.25. The maximum absolute atomic E-state index is 9.18. The van der Waals surface area contributed by atoms with Crippen molar-refractivity contribution < 1.29 is 54.7 Å². The number of rotatable bonds is 7. The van der Waals surface area contributed by atoms with Crippen molar-refractivity contribution in [3.63, 3.8) is 0 Å². The van der Waals surface area contributed by atoms with Crippen LogP contribution in [0.3, 0.4) is 0 Å². The highest BCUT2D eigenvalue weighted by Crippen LogP contribution is 2.12. The second-order valence-electron chi connectivity index (χ2n) is 10.4. The predicted molar refractivity (Wildman–Crippen MR) is 171 cm³/mol. The number of morpholine rings is 2. The maximum Gasteiger partial charge on any atom is 0.491 e. The van der Waals surface area contributed by atoms with Gasteiger partial charge in [0.2, 0.25) is 11.2 Å². The monoisotopic (exact) mass is 672 g/mol. The van der Waals surface area contributed by atoms with Crippen molar-refractivity contribution in [2.24, 2.45) is 0 Å². The molecule has 2 aromatic heterocycles. The van der Waals surface area contributed by atoms with Gasteiger partial charge < -0.3 is 64.4 Å². The molecule has 0 radical (unpaired) electrons. The van der Waals surface area contributed by atoms with E-state index in [9.17, 15) is 5.02 Å². The summed E-state index contributed by atoms with van der Waals surface area (Å²) in [6.45, 7) is 6.39. The molecule has 0 saturated carbocycles. The van der Waals surface area contributed by atoms with Crippen molar-refractivity contribution in [2.75, 3.05) is 70.7 Å². The summed E-state index contributed by atoms with van der Waals surface area (Å²) in [4.78, 5) is 18.9. The van der Waals surface area contributed by atoms with Crippen molar-refractivity contribution in [1.29, 1.82) is 0 Å². The highest BCUT2D eigenvalue weighted by molar-refractivity contribution is 6.58. The molecule has 46 heavy (non-hydrogen) atoms. The van der Waals surface area contributed by atoms with E-state index in [-0.39, 0.29) is 54.3 Å². The number of halogens is 1. The third-order valence-electron chi connectivity index (χ3n) is 6.90. The molecule has 0 spiro atoms. The molecular weight excluding hydrogens is 628 g/mol. The fraction of sp³-hybridized carbons (Fsp3) is 0.680. The molecule has 0 aromatic carbocycles. The Morgan fingerprint density at radius 3 is 1.67 bits per heavy atom. The van der Waals surface area contributed by atoms with Gasteiger partial charge >= 0.3 is 21.3 Å². The van der Waals surface area contributed by atoms with E-state index in [1.54, 1.807) is 6.82 Å². The van der Waals surface area contributed by atoms with Crippen LogP contribution in [-0.2, 0) is 14.2 Å². The summed E-state index contributed by atoms with van der Waals surface area (Å²) in [5, 5.41) is 70.5. The molecule has 2 aromatic rings. The summed E-state index contributed by atoms with van der Waals surface area (Å²) in [6.07, 6.45) is 8.45. The number of aliphatic hydroxyl groups is 3. The lowest BCUT2D eigenvalue weighted by Gasteiger charge is -2.32. The zero-order valence-electron chi connectivity index (χ0n) is 25.8. The smallest absolute Gasteiger partial charge is 0.437 e. The fourth-order valence-electron chi connectivity index (χ4n) is 4.24. The molecule has 0 aliphatic carbocycles. The number of hydrogen-bond acceptors (Lipinski definition) is 17. The van der Waals surface area contributed by atoms with Gasteiger partial charge in [0.15, 0.2) is 0 Å². The van der Waals surface area contributed by atoms with Gasteiger partial charge in [-0.25, -0.2) is 19.9 Å². The molecule has 0 unspecified atom stereocenters. The number of aromatic nitrogens is 4. The molecule has 3 fully saturated rings. The first kappa shape index (κ1) is 40.1. The normalized spacial score (nSPS) is 21.3. The minimum atomic E-state index is -1.56. The summed E-state index contributed by atoms with van der Waals surface area (Å²) in [5.41, 5.74) is 0.477. The second kappa shape index (κ2) is 22.5. The van der Waals surface area contributed by atoms with Gasteiger partial charge in [-0.15, -0.1) is 0 Å². The Morgan fingerprint density at radius 1 is 0.717 bits per heavy atom. The summed E-state index contributed by atoms with van der Waals surface area (Å²) < 4.78 is 15.7. The van der Waals surface area contributed by atoms with Gasteiger partial charge in [0.25, 0.3) is 0 Å². The number of anilines is 1. The zero-order chi connectivity index (χ0) is 33.9. The highest BCUT2D eigenvalue weighted by atomic mass is 35.5. The van der Waals surface area contributed by atoms with Crippen LogP contribution in [0.4, 0.5) is 5.95 Å². The quantitative estimate of drug-likeness (QED) is 0.102. The van der Waals surface area contributed by atoms with Gasteiger partial charge in [-0.3, -0.25) is 0 Å². The average Bonchev–Trinajstić information content (AvgIpc) is 3.09. The van der Waals surface area contributed by atoms with Crippen molar-refractivity contribution >= 4 is 49.8 Å². The summed E-state index contributed by atoms with van der Waals surface area (Å²) in [6, 6.07) is 0. The molecule has 3 aliphatic heterocycles. The molecule has 5 rings (SSSR count). The molecule has 0 bridgehead atoms. The Labute approximate surface area is 274 Å². The predicted octanol–water partition coefficient (Wildman–Crippen LogP) is -4.50. The first-order valence-electron chi connectivity index (χ1n) is 14.9. The van der Waals surface area contributed by atoms with Crippen LogP contribution in [0.25, 0.3) is 0 Å².